The quantitative estimate of drug-likeness (QED) is 0.684. The highest BCUT2D eigenvalue weighted by molar-refractivity contribution is 5.78. The van der Waals surface area contributed by atoms with Gasteiger partial charge in [-0.05, 0) is 32.9 Å². The highest BCUT2D eigenvalue weighted by atomic mass is 16.2. The molecule has 0 aliphatic carbocycles. The average molecular weight is 211 g/mol. The standard InChI is InChI=1S/C11H21N3O/c1-13(2)8-11(15)14-5-3-4-9-6-12-7-10(9)14/h9-10,12H,3-8H2,1-2H3. The third-order valence-corrected chi connectivity index (χ3v) is 3.45. The number of nitrogens with zero attached hydrogens (tertiary/aromatic N) is 2. The number of rotatable bonds is 2. The molecule has 15 heavy (non-hydrogen) atoms. The SMILES string of the molecule is CN(C)CC(=O)N1CCCC2CNCC21. The summed E-state index contributed by atoms with van der Waals surface area (Å²) in [5.41, 5.74) is 0. The fourth-order valence-electron chi connectivity index (χ4n) is 2.74. The van der Waals surface area contributed by atoms with Gasteiger partial charge in [0.05, 0.1) is 6.54 Å². The predicted octanol–water partition coefficient (Wildman–Crippen LogP) is -0.242. The maximum absolute atomic E-state index is 12.0. The molecule has 0 radical (unpaired) electrons. The monoisotopic (exact) mass is 211 g/mol. The maximum atomic E-state index is 12.0. The fraction of sp³-hybridized carbons (Fsp3) is 0.909. The van der Waals surface area contributed by atoms with E-state index in [1.807, 2.05) is 19.0 Å². The first-order valence-corrected chi connectivity index (χ1v) is 5.83. The molecule has 2 saturated heterocycles. The first-order valence-electron chi connectivity index (χ1n) is 5.83. The van der Waals surface area contributed by atoms with Crippen molar-refractivity contribution in [3.8, 4) is 0 Å². The van der Waals surface area contributed by atoms with Crippen molar-refractivity contribution in [3.63, 3.8) is 0 Å². The second-order valence-corrected chi connectivity index (χ2v) is 4.95. The highest BCUT2D eigenvalue weighted by Gasteiger charge is 2.37. The van der Waals surface area contributed by atoms with Crippen LogP contribution in [0.1, 0.15) is 12.8 Å². The van der Waals surface area contributed by atoms with Gasteiger partial charge in [0.2, 0.25) is 5.91 Å². The Morgan fingerprint density at radius 2 is 2.27 bits per heavy atom. The van der Waals surface area contributed by atoms with Gasteiger partial charge in [-0.25, -0.2) is 0 Å². The van der Waals surface area contributed by atoms with Gasteiger partial charge in [0.15, 0.2) is 0 Å². The molecule has 0 saturated carbocycles. The number of fused-ring (bicyclic) bond motifs is 1. The minimum atomic E-state index is 0.290. The molecule has 4 heteroatoms. The van der Waals surface area contributed by atoms with E-state index in [4.69, 9.17) is 0 Å². The van der Waals surface area contributed by atoms with E-state index in [2.05, 4.69) is 10.2 Å². The summed E-state index contributed by atoms with van der Waals surface area (Å²) in [6.07, 6.45) is 2.45. The van der Waals surface area contributed by atoms with Crippen LogP contribution in [0, 0.1) is 5.92 Å². The Labute approximate surface area is 91.6 Å². The maximum Gasteiger partial charge on any atom is 0.237 e. The van der Waals surface area contributed by atoms with Crippen LogP contribution in [-0.4, -0.2) is 62.0 Å². The van der Waals surface area contributed by atoms with E-state index in [1.54, 1.807) is 0 Å². The van der Waals surface area contributed by atoms with Crippen molar-refractivity contribution in [1.82, 2.24) is 15.1 Å². The average Bonchev–Trinajstić information content (AvgIpc) is 2.63. The molecule has 0 aromatic carbocycles. The van der Waals surface area contributed by atoms with Crippen molar-refractivity contribution < 1.29 is 4.79 Å². The molecule has 1 amide bonds. The molecule has 1 N–H and O–H groups in total. The molecule has 2 heterocycles. The Morgan fingerprint density at radius 3 is 3.00 bits per heavy atom. The van der Waals surface area contributed by atoms with Crippen LogP contribution in [0.4, 0.5) is 0 Å². The van der Waals surface area contributed by atoms with Gasteiger partial charge < -0.3 is 15.1 Å². The number of carbonyl (C=O) groups excluding carboxylic acids is 1. The van der Waals surface area contributed by atoms with E-state index >= 15 is 0 Å². The lowest BCUT2D eigenvalue weighted by Gasteiger charge is -2.37. The Balaban J connectivity index is 1.98. The summed E-state index contributed by atoms with van der Waals surface area (Å²) in [6, 6.07) is 0.464. The van der Waals surface area contributed by atoms with Crippen LogP contribution in [0.2, 0.25) is 0 Å². The Kier molecular flexibility index (Phi) is 3.26. The molecule has 2 unspecified atom stereocenters. The number of amides is 1. The van der Waals surface area contributed by atoms with E-state index in [-0.39, 0.29) is 0 Å². The first kappa shape index (κ1) is 10.9. The van der Waals surface area contributed by atoms with Gasteiger partial charge in [0.25, 0.3) is 0 Å². The number of hydrogen-bond acceptors (Lipinski definition) is 3. The topological polar surface area (TPSA) is 35.6 Å². The Bertz CT molecular complexity index is 242. The molecular formula is C11H21N3O. The van der Waals surface area contributed by atoms with Crippen LogP contribution in [0.5, 0.6) is 0 Å². The normalized spacial score (nSPS) is 30.7. The van der Waals surface area contributed by atoms with Crippen LogP contribution in [-0.2, 0) is 4.79 Å². The van der Waals surface area contributed by atoms with Gasteiger partial charge in [0, 0.05) is 25.7 Å². The van der Waals surface area contributed by atoms with Gasteiger partial charge in [-0.1, -0.05) is 0 Å². The van der Waals surface area contributed by atoms with Crippen LogP contribution in [0.3, 0.4) is 0 Å². The van der Waals surface area contributed by atoms with E-state index in [0.29, 0.717) is 24.4 Å². The van der Waals surface area contributed by atoms with E-state index < -0.39 is 0 Å². The molecule has 0 bridgehead atoms. The molecule has 2 atom stereocenters. The van der Waals surface area contributed by atoms with Gasteiger partial charge in [-0.3, -0.25) is 4.79 Å². The summed E-state index contributed by atoms with van der Waals surface area (Å²) >= 11 is 0. The van der Waals surface area contributed by atoms with E-state index in [1.165, 1.54) is 12.8 Å². The minimum absolute atomic E-state index is 0.290. The summed E-state index contributed by atoms with van der Waals surface area (Å²) in [7, 11) is 3.90. The smallest absolute Gasteiger partial charge is 0.237 e. The second kappa shape index (κ2) is 4.49. The Hall–Kier alpha value is -0.610. The zero-order valence-electron chi connectivity index (χ0n) is 9.70. The summed E-state index contributed by atoms with van der Waals surface area (Å²) in [5, 5.41) is 3.39. The van der Waals surface area contributed by atoms with Crippen molar-refractivity contribution in [3.05, 3.63) is 0 Å². The largest absolute Gasteiger partial charge is 0.337 e. The number of piperidine rings is 1. The molecular weight excluding hydrogens is 190 g/mol. The summed E-state index contributed by atoms with van der Waals surface area (Å²) in [6.45, 7) is 3.58. The first-order chi connectivity index (χ1) is 7.18. The molecule has 2 aliphatic rings. The number of hydrogen-bond donors (Lipinski definition) is 1. The lowest BCUT2D eigenvalue weighted by atomic mass is 9.92. The van der Waals surface area contributed by atoms with Crippen molar-refractivity contribution >= 4 is 5.91 Å². The van der Waals surface area contributed by atoms with Gasteiger partial charge in [-0.15, -0.1) is 0 Å². The van der Waals surface area contributed by atoms with Crippen LogP contribution in [0.15, 0.2) is 0 Å². The van der Waals surface area contributed by atoms with E-state index in [0.717, 1.165) is 19.6 Å². The number of likely N-dealkylation sites (N-methyl/N-ethyl adjacent to an activating group) is 1. The van der Waals surface area contributed by atoms with Gasteiger partial charge in [0.1, 0.15) is 0 Å². The van der Waals surface area contributed by atoms with Gasteiger partial charge >= 0.3 is 0 Å². The number of likely N-dealkylation sites (tertiary alicyclic amines) is 1. The summed E-state index contributed by atoms with van der Waals surface area (Å²) < 4.78 is 0. The Morgan fingerprint density at radius 1 is 1.47 bits per heavy atom. The van der Waals surface area contributed by atoms with Crippen LogP contribution >= 0.6 is 0 Å². The molecule has 0 aromatic rings. The zero-order valence-corrected chi connectivity index (χ0v) is 9.70. The molecule has 4 nitrogen and oxygen atoms in total. The fourth-order valence-corrected chi connectivity index (χ4v) is 2.74. The van der Waals surface area contributed by atoms with E-state index in [9.17, 15) is 4.79 Å². The third-order valence-electron chi connectivity index (χ3n) is 3.45. The van der Waals surface area contributed by atoms with Crippen LogP contribution in [0.25, 0.3) is 0 Å². The molecule has 86 valence electrons. The molecule has 2 rings (SSSR count). The van der Waals surface area contributed by atoms with Gasteiger partial charge in [-0.2, -0.15) is 0 Å². The van der Waals surface area contributed by atoms with Crippen molar-refractivity contribution in [2.75, 3.05) is 40.3 Å². The zero-order chi connectivity index (χ0) is 10.8. The second-order valence-electron chi connectivity index (χ2n) is 4.95. The lowest BCUT2D eigenvalue weighted by Crippen LogP contribution is -2.50. The van der Waals surface area contributed by atoms with Crippen molar-refractivity contribution in [1.29, 1.82) is 0 Å². The van der Waals surface area contributed by atoms with Crippen molar-refractivity contribution in [2.45, 2.75) is 18.9 Å². The lowest BCUT2D eigenvalue weighted by molar-refractivity contribution is -0.136. The summed E-state index contributed by atoms with van der Waals surface area (Å²) in [5.74, 6) is 0.989. The third kappa shape index (κ3) is 2.32. The minimum Gasteiger partial charge on any atom is -0.337 e. The molecule has 2 aliphatic heterocycles. The number of carbonyl (C=O) groups is 1. The number of nitrogens with one attached hydrogen (secondary N) is 1. The summed E-state index contributed by atoms with van der Waals surface area (Å²) in [4.78, 5) is 16.1. The highest BCUT2D eigenvalue weighted by Crippen LogP contribution is 2.26. The van der Waals surface area contributed by atoms with Crippen molar-refractivity contribution in [2.24, 2.45) is 5.92 Å². The molecule has 0 spiro atoms. The predicted molar refractivity (Wildman–Crippen MR) is 59.6 cm³/mol. The molecule has 2 fully saturated rings. The van der Waals surface area contributed by atoms with Crippen LogP contribution < -0.4 is 5.32 Å². The molecule has 0 aromatic heterocycles.